The molecule has 2 rings (SSSR count). The summed E-state index contributed by atoms with van der Waals surface area (Å²) in [4.78, 5) is 15.4. The van der Waals surface area contributed by atoms with Crippen LogP contribution in [0.2, 0.25) is 0 Å². The highest BCUT2D eigenvalue weighted by Crippen LogP contribution is 2.22. The highest BCUT2D eigenvalue weighted by molar-refractivity contribution is 9.10. The third kappa shape index (κ3) is 3.44. The third-order valence-electron chi connectivity index (χ3n) is 2.83. The van der Waals surface area contributed by atoms with E-state index in [1.54, 1.807) is 10.8 Å². The van der Waals surface area contributed by atoms with Gasteiger partial charge in [-0.05, 0) is 40.9 Å². The van der Waals surface area contributed by atoms with Crippen molar-refractivity contribution in [2.75, 3.05) is 6.61 Å². The van der Waals surface area contributed by atoms with Crippen molar-refractivity contribution < 1.29 is 4.74 Å². The topological polar surface area (TPSA) is 44.1 Å². The maximum atomic E-state index is 11.6. The summed E-state index contributed by atoms with van der Waals surface area (Å²) in [5, 5.41) is 0. The molecule has 19 heavy (non-hydrogen) atoms. The SMILES string of the molecule is Cc1cccc(C)c1OCCn1cc(Br)ncc1=O. The molecule has 0 aliphatic rings. The fraction of sp³-hybridized carbons (Fsp3) is 0.286. The molecule has 0 spiro atoms. The van der Waals surface area contributed by atoms with Gasteiger partial charge in [-0.2, -0.15) is 0 Å². The summed E-state index contributed by atoms with van der Waals surface area (Å²) in [5.74, 6) is 0.892. The van der Waals surface area contributed by atoms with E-state index in [-0.39, 0.29) is 5.56 Å². The van der Waals surface area contributed by atoms with Crippen LogP contribution in [0.5, 0.6) is 5.75 Å². The number of ether oxygens (including phenoxy) is 1. The van der Waals surface area contributed by atoms with E-state index in [0.29, 0.717) is 17.8 Å². The van der Waals surface area contributed by atoms with Crippen LogP contribution in [0.1, 0.15) is 11.1 Å². The Bertz CT molecular complexity index is 617. The molecule has 0 aliphatic carbocycles. The highest BCUT2D eigenvalue weighted by atomic mass is 79.9. The predicted molar refractivity (Wildman–Crippen MR) is 77.6 cm³/mol. The maximum Gasteiger partial charge on any atom is 0.269 e. The molecular weight excluding hydrogens is 308 g/mol. The molecule has 2 aromatic rings. The number of para-hydroxylation sites is 1. The smallest absolute Gasteiger partial charge is 0.269 e. The molecule has 1 heterocycles. The Morgan fingerprint density at radius 2 is 2.00 bits per heavy atom. The van der Waals surface area contributed by atoms with Crippen LogP contribution in [0.3, 0.4) is 0 Å². The van der Waals surface area contributed by atoms with Crippen molar-refractivity contribution in [1.82, 2.24) is 9.55 Å². The first-order chi connectivity index (χ1) is 9.08. The normalized spacial score (nSPS) is 10.5. The van der Waals surface area contributed by atoms with Gasteiger partial charge in [0.1, 0.15) is 17.0 Å². The van der Waals surface area contributed by atoms with Gasteiger partial charge < -0.3 is 9.30 Å². The number of nitrogens with zero attached hydrogens (tertiary/aromatic N) is 2. The minimum absolute atomic E-state index is 0.131. The van der Waals surface area contributed by atoms with Crippen molar-refractivity contribution in [2.24, 2.45) is 0 Å². The van der Waals surface area contributed by atoms with E-state index in [0.717, 1.165) is 16.9 Å². The summed E-state index contributed by atoms with van der Waals surface area (Å²) in [6.45, 7) is 4.96. The fourth-order valence-corrected chi connectivity index (χ4v) is 2.21. The van der Waals surface area contributed by atoms with Crippen molar-refractivity contribution in [3.05, 3.63) is 56.7 Å². The Morgan fingerprint density at radius 3 is 2.68 bits per heavy atom. The van der Waals surface area contributed by atoms with Gasteiger partial charge >= 0.3 is 0 Å². The predicted octanol–water partition coefficient (Wildman–Crippen LogP) is 2.70. The number of benzene rings is 1. The fourth-order valence-electron chi connectivity index (χ4n) is 1.86. The van der Waals surface area contributed by atoms with Crippen molar-refractivity contribution in [3.8, 4) is 5.75 Å². The molecule has 5 heteroatoms. The average Bonchev–Trinajstić information content (AvgIpc) is 2.37. The third-order valence-corrected chi connectivity index (χ3v) is 3.24. The Morgan fingerprint density at radius 1 is 1.32 bits per heavy atom. The zero-order chi connectivity index (χ0) is 13.8. The number of aromatic nitrogens is 2. The monoisotopic (exact) mass is 322 g/mol. The van der Waals surface area contributed by atoms with Crippen LogP contribution in [0, 0.1) is 13.8 Å². The Kier molecular flexibility index (Phi) is 4.37. The molecule has 0 radical (unpaired) electrons. The molecule has 0 bridgehead atoms. The number of aryl methyl sites for hydroxylation is 2. The number of rotatable bonds is 4. The molecule has 0 fully saturated rings. The summed E-state index contributed by atoms with van der Waals surface area (Å²) < 4.78 is 7.98. The molecule has 0 aliphatic heterocycles. The second-order valence-electron chi connectivity index (χ2n) is 4.31. The van der Waals surface area contributed by atoms with Gasteiger partial charge in [0.15, 0.2) is 0 Å². The van der Waals surface area contributed by atoms with Gasteiger partial charge in [-0.25, -0.2) is 4.98 Å². The molecule has 0 N–H and O–H groups in total. The van der Waals surface area contributed by atoms with E-state index in [9.17, 15) is 4.79 Å². The molecular formula is C14H15BrN2O2. The molecule has 1 aromatic carbocycles. The lowest BCUT2D eigenvalue weighted by atomic mass is 10.1. The Hall–Kier alpha value is -1.62. The van der Waals surface area contributed by atoms with Gasteiger partial charge in [-0.15, -0.1) is 0 Å². The molecule has 0 atom stereocenters. The standard InChI is InChI=1S/C14H15BrN2O2/c1-10-4-3-5-11(2)14(10)19-7-6-17-9-12(15)16-8-13(17)18/h3-5,8-9H,6-7H2,1-2H3. The van der Waals surface area contributed by atoms with E-state index in [1.165, 1.54) is 6.20 Å². The van der Waals surface area contributed by atoms with E-state index < -0.39 is 0 Å². The molecule has 0 amide bonds. The van der Waals surface area contributed by atoms with Gasteiger partial charge in [0, 0.05) is 6.20 Å². The van der Waals surface area contributed by atoms with Crippen molar-refractivity contribution in [3.63, 3.8) is 0 Å². The minimum Gasteiger partial charge on any atom is -0.491 e. The number of hydrogen-bond acceptors (Lipinski definition) is 3. The quantitative estimate of drug-likeness (QED) is 0.869. The lowest BCUT2D eigenvalue weighted by Crippen LogP contribution is -2.22. The molecule has 0 saturated heterocycles. The first-order valence-electron chi connectivity index (χ1n) is 5.99. The first-order valence-corrected chi connectivity index (χ1v) is 6.78. The zero-order valence-corrected chi connectivity index (χ0v) is 12.5. The summed E-state index contributed by atoms with van der Waals surface area (Å²) in [7, 11) is 0. The van der Waals surface area contributed by atoms with E-state index in [2.05, 4.69) is 20.9 Å². The largest absolute Gasteiger partial charge is 0.491 e. The lowest BCUT2D eigenvalue weighted by Gasteiger charge is -2.12. The van der Waals surface area contributed by atoms with Crippen LogP contribution in [0.25, 0.3) is 0 Å². The van der Waals surface area contributed by atoms with E-state index in [4.69, 9.17) is 4.74 Å². The lowest BCUT2D eigenvalue weighted by molar-refractivity contribution is 0.292. The van der Waals surface area contributed by atoms with Crippen LogP contribution in [-0.4, -0.2) is 16.2 Å². The van der Waals surface area contributed by atoms with E-state index >= 15 is 0 Å². The van der Waals surface area contributed by atoms with Crippen LogP contribution in [0.4, 0.5) is 0 Å². The summed E-state index contributed by atoms with van der Waals surface area (Å²) >= 11 is 3.24. The van der Waals surface area contributed by atoms with Crippen molar-refractivity contribution in [1.29, 1.82) is 0 Å². The van der Waals surface area contributed by atoms with Crippen LogP contribution < -0.4 is 10.3 Å². The molecule has 1 aromatic heterocycles. The first kappa shape index (κ1) is 13.8. The second-order valence-corrected chi connectivity index (χ2v) is 5.12. The van der Waals surface area contributed by atoms with Crippen molar-refractivity contribution in [2.45, 2.75) is 20.4 Å². The summed E-state index contributed by atoms with van der Waals surface area (Å²) in [5.41, 5.74) is 2.07. The van der Waals surface area contributed by atoms with E-state index in [1.807, 2.05) is 32.0 Å². The number of hydrogen-bond donors (Lipinski definition) is 0. The maximum absolute atomic E-state index is 11.6. The van der Waals surface area contributed by atoms with Gasteiger partial charge in [0.25, 0.3) is 5.56 Å². The number of halogens is 1. The average molecular weight is 323 g/mol. The molecule has 0 saturated carbocycles. The molecule has 4 nitrogen and oxygen atoms in total. The Labute approximate surface area is 120 Å². The second kappa shape index (κ2) is 6.02. The van der Waals surface area contributed by atoms with Gasteiger partial charge in [0.2, 0.25) is 0 Å². The highest BCUT2D eigenvalue weighted by Gasteiger charge is 2.04. The molecule has 0 unspecified atom stereocenters. The van der Waals surface area contributed by atoms with Crippen LogP contribution in [0.15, 0.2) is 40.0 Å². The van der Waals surface area contributed by atoms with Crippen LogP contribution >= 0.6 is 15.9 Å². The summed E-state index contributed by atoms with van der Waals surface area (Å²) in [6, 6.07) is 6.02. The minimum atomic E-state index is -0.131. The zero-order valence-electron chi connectivity index (χ0n) is 10.9. The Balaban J connectivity index is 2.04. The van der Waals surface area contributed by atoms with Gasteiger partial charge in [-0.1, -0.05) is 18.2 Å². The van der Waals surface area contributed by atoms with Crippen LogP contribution in [-0.2, 0) is 6.54 Å². The van der Waals surface area contributed by atoms with Gasteiger partial charge in [-0.3, -0.25) is 4.79 Å². The van der Waals surface area contributed by atoms with Crippen molar-refractivity contribution >= 4 is 15.9 Å². The molecule has 100 valence electrons. The van der Waals surface area contributed by atoms with Gasteiger partial charge in [0.05, 0.1) is 12.7 Å². The summed E-state index contributed by atoms with van der Waals surface area (Å²) in [6.07, 6.45) is 2.96.